The minimum Gasteiger partial charge on any atom is -0.492 e. The molecule has 1 heterocycles. The van der Waals surface area contributed by atoms with Crippen molar-refractivity contribution in [2.24, 2.45) is 0 Å². The van der Waals surface area contributed by atoms with Gasteiger partial charge in [0.2, 0.25) is 0 Å². The smallest absolute Gasteiger partial charge is 0.251 e. The van der Waals surface area contributed by atoms with E-state index in [0.29, 0.717) is 24.6 Å². The van der Waals surface area contributed by atoms with Gasteiger partial charge in [-0.15, -0.1) is 0 Å². The van der Waals surface area contributed by atoms with E-state index in [1.54, 1.807) is 0 Å². The van der Waals surface area contributed by atoms with E-state index in [0.717, 1.165) is 29.0 Å². The molecule has 0 fully saturated rings. The lowest BCUT2D eigenvalue weighted by Gasteiger charge is -2.17. The number of nitrogens with one attached hydrogen (secondary N) is 1. The predicted octanol–water partition coefficient (Wildman–Crippen LogP) is 6.12. The summed E-state index contributed by atoms with van der Waals surface area (Å²) in [5, 5.41) is 3.08. The monoisotopic (exact) mass is 441 g/mol. The Kier molecular flexibility index (Phi) is 7.08. The van der Waals surface area contributed by atoms with E-state index in [2.05, 4.69) is 41.9 Å². The Hall–Kier alpha value is -3.60. The zero-order valence-corrected chi connectivity index (χ0v) is 19.5. The van der Waals surface area contributed by atoms with E-state index in [1.165, 1.54) is 5.56 Å². The molecule has 5 heteroatoms. The molecule has 0 radical (unpaired) electrons. The number of para-hydroxylation sites is 2. The summed E-state index contributed by atoms with van der Waals surface area (Å²) in [5.41, 5.74) is 3.90. The molecule has 0 saturated heterocycles. The van der Waals surface area contributed by atoms with Crippen LogP contribution in [0.3, 0.4) is 0 Å². The molecule has 33 heavy (non-hydrogen) atoms. The van der Waals surface area contributed by atoms with Gasteiger partial charge in [0, 0.05) is 5.56 Å². The Bertz CT molecular complexity index is 1200. The summed E-state index contributed by atoms with van der Waals surface area (Å²) < 4.78 is 8.18. The number of rotatable bonds is 9. The first-order chi connectivity index (χ1) is 16.1. The van der Waals surface area contributed by atoms with Crippen LogP contribution in [0, 0.1) is 0 Å². The molecule has 1 N–H and O–H groups in total. The van der Waals surface area contributed by atoms with Gasteiger partial charge in [-0.1, -0.05) is 56.3 Å². The van der Waals surface area contributed by atoms with Crippen LogP contribution in [-0.4, -0.2) is 22.1 Å². The molecule has 0 spiro atoms. The maximum Gasteiger partial charge on any atom is 0.251 e. The third-order valence-electron chi connectivity index (χ3n) is 6.10. The molecule has 170 valence electrons. The number of carbonyl (C=O) groups is 1. The van der Waals surface area contributed by atoms with Crippen molar-refractivity contribution >= 4 is 16.9 Å². The lowest BCUT2D eigenvalue weighted by Crippen LogP contribution is -2.29. The number of benzene rings is 3. The van der Waals surface area contributed by atoms with Gasteiger partial charge in [0.25, 0.3) is 5.91 Å². The number of amides is 1. The molecular formula is C28H31N3O2. The summed E-state index contributed by atoms with van der Waals surface area (Å²) >= 11 is 0. The number of hydrogen-bond donors (Lipinski definition) is 1. The third kappa shape index (κ3) is 5.25. The normalized spacial score (nSPS) is 12.9. The quantitative estimate of drug-likeness (QED) is 0.340. The number of nitrogens with zero attached hydrogens (tertiary/aromatic N) is 2. The SMILES string of the molecule is CCC(C)c1ccc(OCCn2c(C(C)NC(=O)c3ccccc3)nc3ccccc32)cc1. The largest absolute Gasteiger partial charge is 0.492 e. The molecule has 5 nitrogen and oxygen atoms in total. The highest BCUT2D eigenvalue weighted by Crippen LogP contribution is 2.23. The highest BCUT2D eigenvalue weighted by atomic mass is 16.5. The van der Waals surface area contributed by atoms with E-state index in [1.807, 2.05) is 67.6 Å². The van der Waals surface area contributed by atoms with Crippen molar-refractivity contribution in [1.82, 2.24) is 14.9 Å². The van der Waals surface area contributed by atoms with Crippen molar-refractivity contribution in [1.29, 1.82) is 0 Å². The Morgan fingerprint density at radius 3 is 2.39 bits per heavy atom. The van der Waals surface area contributed by atoms with E-state index in [4.69, 9.17) is 9.72 Å². The minimum atomic E-state index is -0.250. The van der Waals surface area contributed by atoms with Crippen LogP contribution in [-0.2, 0) is 6.54 Å². The first-order valence-corrected chi connectivity index (χ1v) is 11.6. The van der Waals surface area contributed by atoms with E-state index in [-0.39, 0.29) is 11.9 Å². The Labute approximate surface area is 195 Å². The molecule has 2 atom stereocenters. The van der Waals surface area contributed by atoms with Gasteiger partial charge in [0.1, 0.15) is 18.2 Å². The Morgan fingerprint density at radius 2 is 1.67 bits per heavy atom. The first kappa shape index (κ1) is 22.6. The molecule has 0 aliphatic heterocycles. The number of aromatic nitrogens is 2. The molecule has 0 saturated carbocycles. The van der Waals surface area contributed by atoms with Crippen LogP contribution in [0.2, 0.25) is 0 Å². The maximum atomic E-state index is 12.7. The van der Waals surface area contributed by atoms with E-state index in [9.17, 15) is 4.79 Å². The van der Waals surface area contributed by atoms with Crippen molar-refractivity contribution < 1.29 is 9.53 Å². The highest BCUT2D eigenvalue weighted by molar-refractivity contribution is 5.94. The second-order valence-corrected chi connectivity index (χ2v) is 8.40. The van der Waals surface area contributed by atoms with Gasteiger partial charge in [0.05, 0.1) is 23.6 Å². The highest BCUT2D eigenvalue weighted by Gasteiger charge is 2.19. The molecule has 3 aromatic carbocycles. The fourth-order valence-corrected chi connectivity index (χ4v) is 3.98. The van der Waals surface area contributed by atoms with Gasteiger partial charge in [-0.25, -0.2) is 4.98 Å². The summed E-state index contributed by atoms with van der Waals surface area (Å²) in [4.78, 5) is 17.5. The van der Waals surface area contributed by atoms with Crippen molar-refractivity contribution in [2.45, 2.75) is 45.7 Å². The van der Waals surface area contributed by atoms with Crippen molar-refractivity contribution in [3.8, 4) is 5.75 Å². The first-order valence-electron chi connectivity index (χ1n) is 11.6. The van der Waals surface area contributed by atoms with Crippen molar-refractivity contribution in [2.75, 3.05) is 6.61 Å². The molecular weight excluding hydrogens is 410 g/mol. The number of carbonyl (C=O) groups excluding carboxylic acids is 1. The predicted molar refractivity (Wildman–Crippen MR) is 133 cm³/mol. The fourth-order valence-electron chi connectivity index (χ4n) is 3.98. The molecule has 4 rings (SSSR count). The van der Waals surface area contributed by atoms with Crippen LogP contribution in [0.15, 0.2) is 78.9 Å². The molecule has 2 unspecified atom stereocenters. The molecule has 4 aromatic rings. The summed E-state index contributed by atoms with van der Waals surface area (Å²) in [6.07, 6.45) is 1.12. The number of ether oxygens (including phenoxy) is 1. The van der Waals surface area contributed by atoms with Crippen LogP contribution < -0.4 is 10.1 Å². The average molecular weight is 442 g/mol. The summed E-state index contributed by atoms with van der Waals surface area (Å²) in [6.45, 7) is 7.54. The third-order valence-corrected chi connectivity index (χ3v) is 6.10. The molecule has 1 aromatic heterocycles. The van der Waals surface area contributed by atoms with Gasteiger partial charge < -0.3 is 14.6 Å². The number of fused-ring (bicyclic) bond motifs is 1. The summed E-state index contributed by atoms with van der Waals surface area (Å²) in [5.74, 6) is 2.11. The van der Waals surface area contributed by atoms with Crippen LogP contribution in [0.1, 0.15) is 60.9 Å². The van der Waals surface area contributed by atoms with Gasteiger partial charge in [0.15, 0.2) is 0 Å². The number of imidazole rings is 1. The van der Waals surface area contributed by atoms with Crippen molar-refractivity contribution in [3.63, 3.8) is 0 Å². The molecule has 1 amide bonds. The zero-order chi connectivity index (χ0) is 23.2. The van der Waals surface area contributed by atoms with Gasteiger partial charge >= 0.3 is 0 Å². The molecule has 0 aliphatic carbocycles. The lowest BCUT2D eigenvalue weighted by molar-refractivity contribution is 0.0937. The van der Waals surface area contributed by atoms with Gasteiger partial charge in [-0.3, -0.25) is 4.79 Å². The van der Waals surface area contributed by atoms with Gasteiger partial charge in [-0.2, -0.15) is 0 Å². The molecule has 0 aliphatic rings. The molecule has 0 bridgehead atoms. The van der Waals surface area contributed by atoms with Crippen LogP contribution in [0.5, 0.6) is 5.75 Å². The lowest BCUT2D eigenvalue weighted by atomic mass is 9.99. The van der Waals surface area contributed by atoms with Crippen LogP contribution in [0.25, 0.3) is 11.0 Å². The minimum absolute atomic E-state index is 0.112. The van der Waals surface area contributed by atoms with Crippen molar-refractivity contribution in [3.05, 3.63) is 95.8 Å². The second-order valence-electron chi connectivity index (χ2n) is 8.40. The average Bonchev–Trinajstić information content (AvgIpc) is 3.23. The summed E-state index contributed by atoms with van der Waals surface area (Å²) in [7, 11) is 0. The number of hydrogen-bond acceptors (Lipinski definition) is 3. The Morgan fingerprint density at radius 1 is 0.970 bits per heavy atom. The van der Waals surface area contributed by atoms with Crippen LogP contribution in [0.4, 0.5) is 0 Å². The van der Waals surface area contributed by atoms with Crippen LogP contribution >= 0.6 is 0 Å². The van der Waals surface area contributed by atoms with E-state index >= 15 is 0 Å². The topological polar surface area (TPSA) is 56.1 Å². The standard InChI is InChI=1S/C28H31N3O2/c1-4-20(2)22-14-16-24(17-15-22)33-19-18-31-26-13-9-8-12-25(26)30-27(31)21(3)29-28(32)23-10-6-5-7-11-23/h5-17,20-21H,4,18-19H2,1-3H3,(H,29,32). The maximum absolute atomic E-state index is 12.7. The second kappa shape index (κ2) is 10.3. The van der Waals surface area contributed by atoms with Gasteiger partial charge in [-0.05, 0) is 61.2 Å². The Balaban J connectivity index is 1.48. The summed E-state index contributed by atoms with van der Waals surface area (Å²) in [6, 6.07) is 25.4. The fraction of sp³-hybridized carbons (Fsp3) is 0.286. The zero-order valence-electron chi connectivity index (χ0n) is 19.5. The van der Waals surface area contributed by atoms with E-state index < -0.39 is 0 Å².